The summed E-state index contributed by atoms with van der Waals surface area (Å²) in [5.74, 6) is -0.946. The first-order valence-corrected chi connectivity index (χ1v) is 17.4. The normalized spacial score (nSPS) is 12.7. The van der Waals surface area contributed by atoms with E-state index in [-0.39, 0.29) is 45.5 Å². The molecule has 2 amide bonds. The molecule has 1 N–H and O–H groups in total. The first kappa shape index (κ1) is 35.3. The summed E-state index contributed by atoms with van der Waals surface area (Å²) in [5.41, 5.74) is 2.54. The van der Waals surface area contributed by atoms with Gasteiger partial charge >= 0.3 is 0 Å². The van der Waals surface area contributed by atoms with Gasteiger partial charge in [-0.05, 0) is 73.9 Å². The van der Waals surface area contributed by atoms with Crippen LogP contribution in [0.25, 0.3) is 0 Å². The maximum Gasteiger partial charge on any atom is 0.264 e. The van der Waals surface area contributed by atoms with Gasteiger partial charge in [0.1, 0.15) is 12.6 Å². The summed E-state index contributed by atoms with van der Waals surface area (Å²) in [6.07, 6.45) is 0.888. The summed E-state index contributed by atoms with van der Waals surface area (Å²) in [5, 5.41) is 3.84. The Morgan fingerprint density at radius 3 is 2.13 bits per heavy atom. The molecule has 0 heterocycles. The molecule has 0 aliphatic heterocycles. The molecule has 242 valence electrons. The Balaban J connectivity index is 1.83. The van der Waals surface area contributed by atoms with E-state index in [1.807, 2.05) is 51.1 Å². The fourth-order valence-electron chi connectivity index (χ4n) is 4.83. The zero-order valence-electron chi connectivity index (χ0n) is 25.8. The van der Waals surface area contributed by atoms with Crippen molar-refractivity contribution in [3.63, 3.8) is 0 Å². The fourth-order valence-corrected chi connectivity index (χ4v) is 6.74. The summed E-state index contributed by atoms with van der Waals surface area (Å²) in [7, 11) is -4.27. The first-order valence-electron chi connectivity index (χ1n) is 14.8. The van der Waals surface area contributed by atoms with E-state index in [9.17, 15) is 18.0 Å². The third-order valence-electron chi connectivity index (χ3n) is 7.59. The van der Waals surface area contributed by atoms with Gasteiger partial charge in [0, 0.05) is 24.0 Å². The van der Waals surface area contributed by atoms with Crippen molar-refractivity contribution in [2.75, 3.05) is 10.8 Å². The molecule has 7 nitrogen and oxygen atoms in total. The van der Waals surface area contributed by atoms with Crippen molar-refractivity contribution in [1.29, 1.82) is 0 Å². The Labute approximate surface area is 286 Å². The second-order valence-corrected chi connectivity index (χ2v) is 14.2. The minimum absolute atomic E-state index is 0.00458. The molecule has 0 spiro atoms. The Morgan fingerprint density at radius 2 is 1.50 bits per heavy atom. The number of carbonyl (C=O) groups excluding carboxylic acids is 2. The quantitative estimate of drug-likeness (QED) is 0.155. The number of sulfonamides is 1. The number of benzene rings is 4. The number of anilines is 1. The first-order chi connectivity index (χ1) is 21.9. The van der Waals surface area contributed by atoms with Crippen molar-refractivity contribution in [2.24, 2.45) is 0 Å². The number of halogens is 3. The van der Waals surface area contributed by atoms with Crippen LogP contribution in [0.15, 0.2) is 102 Å². The van der Waals surface area contributed by atoms with Crippen molar-refractivity contribution in [3.8, 4) is 0 Å². The lowest BCUT2D eigenvalue weighted by atomic mass is 10.0. The average molecular weight is 701 g/mol. The van der Waals surface area contributed by atoms with Crippen LogP contribution in [0.1, 0.15) is 37.0 Å². The van der Waals surface area contributed by atoms with E-state index >= 15 is 0 Å². The zero-order valence-corrected chi connectivity index (χ0v) is 28.9. The molecule has 2 atom stereocenters. The molecular weight excluding hydrogens is 665 g/mol. The molecule has 0 aliphatic rings. The van der Waals surface area contributed by atoms with Crippen LogP contribution >= 0.6 is 34.8 Å². The second-order valence-electron chi connectivity index (χ2n) is 11.1. The van der Waals surface area contributed by atoms with Gasteiger partial charge in [-0.15, -0.1) is 0 Å². The van der Waals surface area contributed by atoms with Crippen LogP contribution in [0.3, 0.4) is 0 Å². The van der Waals surface area contributed by atoms with Crippen LogP contribution in [-0.4, -0.2) is 43.8 Å². The third kappa shape index (κ3) is 9.04. The minimum Gasteiger partial charge on any atom is -0.352 e. The second kappa shape index (κ2) is 15.8. The van der Waals surface area contributed by atoms with E-state index in [4.69, 9.17) is 34.8 Å². The molecule has 46 heavy (non-hydrogen) atoms. The summed E-state index contributed by atoms with van der Waals surface area (Å²) in [6.45, 7) is 5.08. The molecule has 4 aromatic carbocycles. The number of carbonyl (C=O) groups is 2. The van der Waals surface area contributed by atoms with E-state index in [0.29, 0.717) is 17.0 Å². The van der Waals surface area contributed by atoms with Crippen LogP contribution in [0.4, 0.5) is 5.69 Å². The van der Waals surface area contributed by atoms with Crippen molar-refractivity contribution in [2.45, 2.75) is 57.1 Å². The number of rotatable bonds is 13. The summed E-state index contributed by atoms with van der Waals surface area (Å²) in [4.78, 5) is 29.9. The highest BCUT2D eigenvalue weighted by Gasteiger charge is 2.35. The Hall–Kier alpha value is -3.56. The molecule has 0 bridgehead atoms. The van der Waals surface area contributed by atoms with Gasteiger partial charge in [-0.25, -0.2) is 8.42 Å². The molecule has 4 aromatic rings. The highest BCUT2D eigenvalue weighted by molar-refractivity contribution is 7.92. The summed E-state index contributed by atoms with van der Waals surface area (Å²) >= 11 is 18.8. The van der Waals surface area contributed by atoms with E-state index < -0.39 is 28.5 Å². The monoisotopic (exact) mass is 699 g/mol. The van der Waals surface area contributed by atoms with Gasteiger partial charge in [-0.3, -0.25) is 13.9 Å². The lowest BCUT2D eigenvalue weighted by molar-refractivity contribution is -0.140. The Kier molecular flexibility index (Phi) is 12.1. The van der Waals surface area contributed by atoms with Crippen LogP contribution in [0.5, 0.6) is 0 Å². The molecule has 0 radical (unpaired) electrons. The SMILES string of the molecule is CC[C@@H](C)NC(=O)[C@@H](Cc1ccccc1)N(Cc1cccc(Cl)c1)C(=O)CN(c1ccc(Cl)c(Cl)c1)S(=O)(=O)c1ccc(C)cc1. The van der Waals surface area contributed by atoms with Gasteiger partial charge in [0.2, 0.25) is 11.8 Å². The smallest absolute Gasteiger partial charge is 0.264 e. The van der Waals surface area contributed by atoms with E-state index in [1.54, 1.807) is 36.4 Å². The lowest BCUT2D eigenvalue weighted by Crippen LogP contribution is -2.54. The third-order valence-corrected chi connectivity index (χ3v) is 10.4. The number of amides is 2. The molecule has 0 aliphatic carbocycles. The molecule has 0 fully saturated rings. The number of nitrogens with one attached hydrogen (secondary N) is 1. The van der Waals surface area contributed by atoms with Crippen LogP contribution in [-0.2, 0) is 32.6 Å². The van der Waals surface area contributed by atoms with Crippen molar-refractivity contribution < 1.29 is 18.0 Å². The predicted molar refractivity (Wildman–Crippen MR) is 186 cm³/mol. The zero-order chi connectivity index (χ0) is 33.4. The molecule has 0 saturated carbocycles. The van der Waals surface area contributed by atoms with E-state index in [0.717, 1.165) is 15.4 Å². The average Bonchev–Trinajstić information content (AvgIpc) is 3.03. The summed E-state index contributed by atoms with van der Waals surface area (Å²) < 4.78 is 29.3. The molecule has 11 heteroatoms. The van der Waals surface area contributed by atoms with Crippen LogP contribution in [0.2, 0.25) is 15.1 Å². The molecule has 0 saturated heterocycles. The maximum atomic E-state index is 14.5. The highest BCUT2D eigenvalue weighted by atomic mass is 35.5. The van der Waals surface area contributed by atoms with Crippen molar-refractivity contribution in [3.05, 3.63) is 129 Å². The molecule has 0 unspecified atom stereocenters. The van der Waals surface area contributed by atoms with Gasteiger partial charge in [0.15, 0.2) is 0 Å². The molecule has 0 aromatic heterocycles. The van der Waals surface area contributed by atoms with Gasteiger partial charge in [-0.1, -0.05) is 102 Å². The standard InChI is InChI=1S/C35H36Cl3N3O4S/c1-4-25(3)39-35(43)33(20-26-9-6-5-7-10-26)40(22-27-11-8-12-28(36)19-27)34(42)23-41(29-15-18-31(37)32(38)21-29)46(44,45)30-16-13-24(2)14-17-30/h5-19,21,25,33H,4,20,22-23H2,1-3H3,(H,39,43)/t25-,33-/m1/s1. The van der Waals surface area contributed by atoms with E-state index in [1.165, 1.54) is 35.2 Å². The van der Waals surface area contributed by atoms with Gasteiger partial charge < -0.3 is 10.2 Å². The highest BCUT2D eigenvalue weighted by Crippen LogP contribution is 2.31. The largest absolute Gasteiger partial charge is 0.352 e. The minimum atomic E-state index is -4.27. The maximum absolute atomic E-state index is 14.5. The lowest BCUT2D eigenvalue weighted by Gasteiger charge is -2.34. The van der Waals surface area contributed by atoms with E-state index in [2.05, 4.69) is 5.32 Å². The Bertz CT molecular complexity index is 1770. The number of hydrogen-bond acceptors (Lipinski definition) is 4. The van der Waals surface area contributed by atoms with Gasteiger partial charge in [-0.2, -0.15) is 0 Å². The van der Waals surface area contributed by atoms with Crippen LogP contribution in [0, 0.1) is 6.92 Å². The molecular formula is C35H36Cl3N3O4S. The topological polar surface area (TPSA) is 86.8 Å². The predicted octanol–water partition coefficient (Wildman–Crippen LogP) is 7.71. The Morgan fingerprint density at radius 1 is 0.826 bits per heavy atom. The van der Waals surface area contributed by atoms with Crippen molar-refractivity contribution >= 4 is 62.3 Å². The summed E-state index contributed by atoms with van der Waals surface area (Å²) in [6, 6.07) is 26.0. The van der Waals surface area contributed by atoms with Gasteiger partial charge in [0.25, 0.3) is 10.0 Å². The van der Waals surface area contributed by atoms with Gasteiger partial charge in [0.05, 0.1) is 20.6 Å². The number of nitrogens with zero attached hydrogens (tertiary/aromatic N) is 2. The fraction of sp³-hybridized carbons (Fsp3) is 0.257. The van der Waals surface area contributed by atoms with Crippen LogP contribution < -0.4 is 9.62 Å². The number of hydrogen-bond donors (Lipinski definition) is 1. The number of aryl methyl sites for hydroxylation is 1. The van der Waals surface area contributed by atoms with Crippen molar-refractivity contribution in [1.82, 2.24) is 10.2 Å². The molecule has 4 rings (SSSR count).